The van der Waals surface area contributed by atoms with Gasteiger partial charge < -0.3 is 14.2 Å². The van der Waals surface area contributed by atoms with Gasteiger partial charge in [0.15, 0.2) is 0 Å². The molecule has 67 heavy (non-hydrogen) atoms. The zero-order valence-electron chi connectivity index (χ0n) is 45.3. The molecule has 1 fully saturated rings. The van der Waals surface area contributed by atoms with Crippen LogP contribution in [0.4, 0.5) is 28.4 Å². The number of hydrogen-bond acceptors (Lipinski definition) is 3. The summed E-state index contributed by atoms with van der Waals surface area (Å²) in [4.78, 5) is 5.53. The number of aryl methyl sites for hydroxylation is 1. The van der Waals surface area contributed by atoms with Crippen molar-refractivity contribution in [1.29, 1.82) is 0 Å². The second-order valence-corrected chi connectivity index (χ2v) is 28.7. The van der Waals surface area contributed by atoms with E-state index in [0.29, 0.717) is 11.8 Å². The van der Waals surface area contributed by atoms with Crippen LogP contribution in [0.2, 0.25) is 0 Å². The number of anilines is 5. The molecule has 0 saturated heterocycles. The Labute approximate surface area is 406 Å². The summed E-state index contributed by atoms with van der Waals surface area (Å²) in [5.41, 5.74) is 24.3. The summed E-state index contributed by atoms with van der Waals surface area (Å²) in [5, 5.41) is 0. The van der Waals surface area contributed by atoms with E-state index < -0.39 is 0 Å². The molecule has 1 aromatic heterocycles. The number of fused-ring (bicyclic) bond motifs is 9. The Hall–Kier alpha value is -3.92. The van der Waals surface area contributed by atoms with Crippen LogP contribution in [0.3, 0.4) is 0 Å². The fourth-order valence-corrected chi connectivity index (χ4v) is 15.3. The van der Waals surface area contributed by atoms with Crippen LogP contribution in [0.15, 0.2) is 64.2 Å². The minimum absolute atomic E-state index is 0.0500. The second-order valence-electron chi connectivity index (χ2n) is 28.7. The van der Waals surface area contributed by atoms with Crippen molar-refractivity contribution in [3.05, 3.63) is 105 Å². The Morgan fingerprint density at radius 1 is 0.493 bits per heavy atom. The molecule has 354 valence electrons. The number of benzene rings is 3. The second kappa shape index (κ2) is 13.7. The zero-order valence-corrected chi connectivity index (χ0v) is 45.3. The number of allylic oxidation sites excluding steroid dienone is 3. The average molecular weight is 895 g/mol. The highest BCUT2D eigenvalue weighted by molar-refractivity contribution is 6.99. The highest BCUT2D eigenvalue weighted by Crippen LogP contribution is 2.60. The number of hydrogen-bond donors (Lipinski definition) is 0. The van der Waals surface area contributed by atoms with Crippen molar-refractivity contribution in [2.75, 3.05) is 9.80 Å². The maximum absolute atomic E-state index is 7.87. The highest BCUT2D eigenvalue weighted by atomic mass is 16.3. The van der Waals surface area contributed by atoms with Crippen molar-refractivity contribution in [2.24, 2.45) is 22.7 Å². The number of nitrogens with zero attached hydrogens (tertiary/aromatic N) is 2. The maximum Gasteiger partial charge on any atom is 0.297 e. The fourth-order valence-electron chi connectivity index (χ4n) is 15.3. The fraction of sp³-hybridized carbons (Fsp3) is 0.587. The molecule has 11 rings (SSSR count). The van der Waals surface area contributed by atoms with Gasteiger partial charge in [0.05, 0.1) is 11.3 Å². The summed E-state index contributed by atoms with van der Waals surface area (Å²) >= 11 is 0. The van der Waals surface area contributed by atoms with Gasteiger partial charge in [-0.2, -0.15) is 0 Å². The largest absolute Gasteiger partial charge is 0.472 e. The smallest absolute Gasteiger partial charge is 0.297 e. The van der Waals surface area contributed by atoms with Crippen LogP contribution < -0.4 is 26.4 Å². The van der Waals surface area contributed by atoms with Crippen LogP contribution in [0, 0.1) is 36.5 Å². The summed E-state index contributed by atoms with van der Waals surface area (Å²) in [5.74, 6) is 2.15. The Morgan fingerprint density at radius 3 is 1.61 bits per heavy atom. The predicted molar refractivity (Wildman–Crippen MR) is 288 cm³/mol. The van der Waals surface area contributed by atoms with Gasteiger partial charge in [-0.25, -0.2) is 0 Å². The lowest BCUT2D eigenvalue weighted by molar-refractivity contribution is 0.0321. The van der Waals surface area contributed by atoms with Crippen molar-refractivity contribution in [3.63, 3.8) is 0 Å². The Kier molecular flexibility index (Phi) is 9.30. The summed E-state index contributed by atoms with van der Waals surface area (Å²) in [6.45, 7) is 47.2. The molecule has 0 bridgehead atoms. The molecule has 4 heteroatoms. The maximum atomic E-state index is 7.87. The SMILES string of the molecule is CC1=CC2C(C=C1N1c3cc4c(cc3B3c5oc6c(c5N(c5ccc7c(c5C)C(C)(C)CCC7(C)C)c5cc(C)cc1c53)C(C)(C)CCC6(C)C)C(C)(C)CCC4(C)C)C(C)(C)CCC2(C)C. The van der Waals surface area contributed by atoms with Crippen molar-refractivity contribution >= 4 is 51.7 Å². The third-order valence-electron chi connectivity index (χ3n) is 20.1. The molecule has 7 aliphatic rings. The molecule has 0 amide bonds. The van der Waals surface area contributed by atoms with Crippen molar-refractivity contribution in [2.45, 2.75) is 215 Å². The molecule has 2 aliphatic heterocycles. The van der Waals surface area contributed by atoms with E-state index in [2.05, 4.69) is 190 Å². The monoisotopic (exact) mass is 895 g/mol. The van der Waals surface area contributed by atoms with E-state index in [9.17, 15) is 0 Å². The molecule has 1 saturated carbocycles. The number of furan rings is 1. The van der Waals surface area contributed by atoms with Crippen LogP contribution >= 0.6 is 0 Å². The van der Waals surface area contributed by atoms with E-state index in [1.807, 2.05) is 0 Å². The molecule has 3 aromatic carbocycles. The lowest BCUT2D eigenvalue weighted by Gasteiger charge is -2.53. The summed E-state index contributed by atoms with van der Waals surface area (Å²) < 4.78 is 7.87. The van der Waals surface area contributed by atoms with E-state index in [4.69, 9.17) is 4.42 Å². The van der Waals surface area contributed by atoms with E-state index in [1.54, 1.807) is 5.56 Å². The Bertz CT molecular complexity index is 2880. The van der Waals surface area contributed by atoms with Crippen molar-refractivity contribution in [1.82, 2.24) is 0 Å². The van der Waals surface area contributed by atoms with Crippen LogP contribution in [0.1, 0.15) is 214 Å². The topological polar surface area (TPSA) is 19.6 Å². The van der Waals surface area contributed by atoms with Gasteiger partial charge in [0.2, 0.25) is 0 Å². The van der Waals surface area contributed by atoms with Gasteiger partial charge in [0.1, 0.15) is 5.76 Å². The first-order valence-corrected chi connectivity index (χ1v) is 26.6. The van der Waals surface area contributed by atoms with Gasteiger partial charge in [-0.15, -0.1) is 0 Å². The average Bonchev–Trinajstić information content (AvgIpc) is 3.65. The molecule has 3 nitrogen and oxygen atoms in total. The first kappa shape index (κ1) is 45.5. The quantitative estimate of drug-likeness (QED) is 0.165. The third-order valence-corrected chi connectivity index (χ3v) is 20.1. The Balaban J connectivity index is 1.28. The minimum atomic E-state index is -0.0902. The highest BCUT2D eigenvalue weighted by Gasteiger charge is 2.55. The van der Waals surface area contributed by atoms with Gasteiger partial charge in [-0.3, -0.25) is 0 Å². The van der Waals surface area contributed by atoms with Crippen LogP contribution in [0.25, 0.3) is 0 Å². The molecule has 2 unspecified atom stereocenters. The van der Waals surface area contributed by atoms with E-state index in [-0.39, 0.29) is 50.0 Å². The molecular weight excluding hydrogens is 812 g/mol. The molecule has 0 spiro atoms. The lowest BCUT2D eigenvalue weighted by atomic mass is 9.35. The van der Waals surface area contributed by atoms with Gasteiger partial charge in [0.25, 0.3) is 6.71 Å². The van der Waals surface area contributed by atoms with E-state index in [0.717, 1.165) is 18.5 Å². The van der Waals surface area contributed by atoms with Crippen LogP contribution in [-0.2, 0) is 32.5 Å². The standard InChI is InChI=1S/C63H83BN2O/c1-36-30-48-52-49(31-36)66(45-21-20-39-50(38(45)3)61(14,15)27-26-56(39,4)5)53-51-54(63(18,19)29-28-62(51,16)17)67-55(53)64(52)44-33-41-43(60(12,13)25-23-58(41,8)9)35-47(44)65(48)46-34-42-40(32-37(46)2)57(6,7)22-24-59(42,10)11/h20-21,30-35,40,42H,22-29H2,1-19H3. The van der Waals surface area contributed by atoms with E-state index in [1.165, 1.54) is 128 Å². The van der Waals surface area contributed by atoms with Gasteiger partial charge >= 0.3 is 0 Å². The van der Waals surface area contributed by atoms with Gasteiger partial charge in [-0.05, 0) is 196 Å². The van der Waals surface area contributed by atoms with Crippen LogP contribution in [-0.4, -0.2) is 6.71 Å². The summed E-state index contributed by atoms with van der Waals surface area (Å²) in [6.07, 6.45) is 15.0. The summed E-state index contributed by atoms with van der Waals surface area (Å²) in [7, 11) is 0. The number of rotatable bonds is 2. The molecule has 5 aliphatic carbocycles. The minimum Gasteiger partial charge on any atom is -0.472 e. The molecule has 4 aromatic rings. The molecule has 0 N–H and O–H groups in total. The molecule has 2 atom stereocenters. The molecule has 0 radical (unpaired) electrons. The first-order chi connectivity index (χ1) is 30.9. The zero-order chi connectivity index (χ0) is 48.3. The van der Waals surface area contributed by atoms with Crippen molar-refractivity contribution < 1.29 is 4.42 Å². The Morgan fingerprint density at radius 2 is 1.00 bits per heavy atom. The third kappa shape index (κ3) is 6.27. The molecule has 3 heterocycles. The summed E-state index contributed by atoms with van der Waals surface area (Å²) in [6, 6.07) is 15.5. The van der Waals surface area contributed by atoms with Crippen LogP contribution in [0.5, 0.6) is 0 Å². The first-order valence-electron chi connectivity index (χ1n) is 26.6. The van der Waals surface area contributed by atoms with Crippen molar-refractivity contribution in [3.8, 4) is 0 Å². The van der Waals surface area contributed by atoms with E-state index >= 15 is 0 Å². The van der Waals surface area contributed by atoms with Gasteiger partial charge in [0, 0.05) is 39.4 Å². The lowest BCUT2D eigenvalue weighted by Crippen LogP contribution is -2.62. The predicted octanol–water partition coefficient (Wildman–Crippen LogP) is 15.6. The normalized spacial score (nSPS) is 26.7. The molecular formula is C63H83BN2O. The van der Waals surface area contributed by atoms with Gasteiger partial charge in [-0.1, -0.05) is 135 Å².